The minimum atomic E-state index is -3.70. The van der Waals surface area contributed by atoms with Crippen molar-refractivity contribution in [1.29, 1.82) is 0 Å². The lowest BCUT2D eigenvalue weighted by atomic mass is 9.98. The zero-order valence-electron chi connectivity index (χ0n) is 15.3. The number of nitrogens with two attached hydrogens (primary N) is 1. The summed E-state index contributed by atoms with van der Waals surface area (Å²) in [5.41, 5.74) is 3.77. The summed E-state index contributed by atoms with van der Waals surface area (Å²) in [6.45, 7) is 4.59. The van der Waals surface area contributed by atoms with E-state index in [2.05, 4.69) is 24.6 Å². The molecular weight excluding hydrogens is 358 g/mol. The van der Waals surface area contributed by atoms with Gasteiger partial charge in [-0.1, -0.05) is 26.0 Å². The first kappa shape index (κ1) is 20.8. The van der Waals surface area contributed by atoms with Gasteiger partial charge in [0.25, 0.3) is 11.7 Å². The lowest BCUT2D eigenvalue weighted by Crippen LogP contribution is -2.49. The molecule has 2 atom stereocenters. The first-order valence-electron chi connectivity index (χ1n) is 8.55. The number of hydroxylamine groups is 1. The molecule has 9 heteroatoms. The zero-order valence-corrected chi connectivity index (χ0v) is 16.1. The predicted octanol–water partition coefficient (Wildman–Crippen LogP) is 0.675. The van der Waals surface area contributed by atoms with Crippen molar-refractivity contribution in [2.45, 2.75) is 49.8 Å². The van der Waals surface area contributed by atoms with E-state index in [0.717, 1.165) is 12.0 Å². The van der Waals surface area contributed by atoms with E-state index in [9.17, 15) is 13.2 Å². The quantitative estimate of drug-likeness (QED) is 0.605. The molecule has 8 nitrogen and oxygen atoms in total. The number of ether oxygens (including phenoxy) is 1. The number of rotatable bonds is 8. The summed E-state index contributed by atoms with van der Waals surface area (Å²) in [5, 5.41) is 7.88. The van der Waals surface area contributed by atoms with Crippen LogP contribution >= 0.6 is 0 Å². The molecule has 1 amide bonds. The maximum absolute atomic E-state index is 12.5. The van der Waals surface area contributed by atoms with E-state index in [1.807, 2.05) is 0 Å². The molecule has 0 spiro atoms. The third kappa shape index (κ3) is 5.24. The fourth-order valence-corrected chi connectivity index (χ4v) is 3.46. The van der Waals surface area contributed by atoms with Gasteiger partial charge in [-0.2, -0.15) is 5.48 Å². The Morgan fingerprint density at radius 1 is 1.42 bits per heavy atom. The van der Waals surface area contributed by atoms with Gasteiger partial charge in [-0.15, -0.1) is 0 Å². The molecule has 1 aromatic carbocycles. The molecule has 0 radical (unpaired) electrons. The third-order valence-electron chi connectivity index (χ3n) is 4.29. The summed E-state index contributed by atoms with van der Waals surface area (Å²) in [6.07, 6.45) is 1.87. The molecule has 2 unspecified atom stereocenters. The van der Waals surface area contributed by atoms with E-state index < -0.39 is 15.8 Å². The van der Waals surface area contributed by atoms with Crippen LogP contribution in [-0.2, 0) is 30.8 Å². The molecule has 26 heavy (non-hydrogen) atoms. The van der Waals surface area contributed by atoms with Crippen LogP contribution < -0.4 is 15.9 Å². The van der Waals surface area contributed by atoms with Crippen LogP contribution in [0.1, 0.15) is 32.3 Å². The molecule has 0 aliphatic carbocycles. The highest BCUT2D eigenvalue weighted by atomic mass is 32.2. The molecule has 1 aromatic rings. The fraction of sp³-hybridized carbons (Fsp3) is 0.588. The second-order valence-electron chi connectivity index (χ2n) is 6.90. The third-order valence-corrected chi connectivity index (χ3v) is 5.22. The second kappa shape index (κ2) is 8.45. The van der Waals surface area contributed by atoms with Gasteiger partial charge in [0.1, 0.15) is 0 Å². The van der Waals surface area contributed by atoms with E-state index in [4.69, 9.17) is 14.7 Å². The Morgan fingerprint density at radius 3 is 2.62 bits per heavy atom. The molecule has 4 N–H and O–H groups in total. The first-order chi connectivity index (χ1) is 12.2. The molecule has 0 saturated carbocycles. The van der Waals surface area contributed by atoms with E-state index in [1.54, 1.807) is 12.1 Å². The normalized spacial score (nSPS) is 23.3. The van der Waals surface area contributed by atoms with Crippen molar-refractivity contribution in [2.75, 3.05) is 13.7 Å². The number of sulfonamides is 1. The second-order valence-corrected chi connectivity index (χ2v) is 8.46. The lowest BCUT2D eigenvalue weighted by molar-refractivity contribution is -0.218. The average Bonchev–Trinajstić information content (AvgIpc) is 2.98. The van der Waals surface area contributed by atoms with Crippen molar-refractivity contribution in [3.05, 3.63) is 29.8 Å². The average molecular weight is 385 g/mol. The van der Waals surface area contributed by atoms with Crippen LogP contribution in [0.15, 0.2) is 29.2 Å². The molecule has 2 rings (SSSR count). The highest BCUT2D eigenvalue weighted by Crippen LogP contribution is 2.28. The first-order valence-corrected chi connectivity index (χ1v) is 10.1. The van der Waals surface area contributed by atoms with Crippen molar-refractivity contribution < 1.29 is 22.8 Å². The number of carbonyl (C=O) groups excluding carboxylic acids is 1. The SMILES string of the molecule is COC1(C(=O)NCCc2ccc(S(N)(=O)=O)cc2)CC(CC(C)C)NO1. The Labute approximate surface area is 154 Å². The van der Waals surface area contributed by atoms with Crippen LogP contribution in [0.4, 0.5) is 0 Å². The highest BCUT2D eigenvalue weighted by Gasteiger charge is 2.47. The summed E-state index contributed by atoms with van der Waals surface area (Å²) in [6, 6.07) is 6.30. The van der Waals surface area contributed by atoms with Crippen molar-refractivity contribution in [3.8, 4) is 0 Å². The van der Waals surface area contributed by atoms with E-state index in [-0.39, 0.29) is 16.8 Å². The van der Waals surface area contributed by atoms with E-state index in [0.29, 0.717) is 25.3 Å². The number of carbonyl (C=O) groups is 1. The summed E-state index contributed by atoms with van der Waals surface area (Å²) >= 11 is 0. The molecule has 1 aliphatic heterocycles. The Balaban J connectivity index is 1.87. The van der Waals surface area contributed by atoms with Crippen LogP contribution in [0.25, 0.3) is 0 Å². The Hall–Kier alpha value is -1.52. The molecule has 1 heterocycles. The lowest BCUT2D eigenvalue weighted by Gasteiger charge is -2.24. The largest absolute Gasteiger partial charge is 0.351 e. The Kier molecular flexibility index (Phi) is 6.75. The number of hydrogen-bond donors (Lipinski definition) is 3. The van der Waals surface area contributed by atoms with Gasteiger partial charge in [0.15, 0.2) is 0 Å². The maximum Gasteiger partial charge on any atom is 0.282 e. The van der Waals surface area contributed by atoms with Crippen molar-refractivity contribution in [2.24, 2.45) is 11.1 Å². The number of benzene rings is 1. The van der Waals surface area contributed by atoms with Gasteiger partial charge in [-0.05, 0) is 36.5 Å². The molecule has 1 saturated heterocycles. The smallest absolute Gasteiger partial charge is 0.282 e. The summed E-state index contributed by atoms with van der Waals surface area (Å²) in [7, 11) is -2.25. The zero-order chi connectivity index (χ0) is 19.4. The topological polar surface area (TPSA) is 120 Å². The molecule has 0 aromatic heterocycles. The molecule has 1 aliphatic rings. The van der Waals surface area contributed by atoms with Crippen molar-refractivity contribution >= 4 is 15.9 Å². The van der Waals surface area contributed by atoms with Gasteiger partial charge in [-0.3, -0.25) is 9.63 Å². The predicted molar refractivity (Wildman–Crippen MR) is 96.3 cm³/mol. The summed E-state index contributed by atoms with van der Waals surface area (Å²) in [4.78, 5) is 18.0. The number of primary sulfonamides is 1. The van der Waals surface area contributed by atoms with Crippen LogP contribution in [0, 0.1) is 5.92 Å². The van der Waals surface area contributed by atoms with Gasteiger partial charge in [0.05, 0.1) is 4.90 Å². The molecule has 0 bridgehead atoms. The fourth-order valence-electron chi connectivity index (χ4n) is 2.94. The highest BCUT2D eigenvalue weighted by molar-refractivity contribution is 7.89. The summed E-state index contributed by atoms with van der Waals surface area (Å²) in [5.74, 6) is -1.18. The van der Waals surface area contributed by atoms with Crippen LogP contribution in [0.3, 0.4) is 0 Å². The van der Waals surface area contributed by atoms with Crippen molar-refractivity contribution in [3.63, 3.8) is 0 Å². The van der Waals surface area contributed by atoms with Gasteiger partial charge >= 0.3 is 0 Å². The van der Waals surface area contributed by atoms with Gasteiger partial charge in [0.2, 0.25) is 10.0 Å². The number of methoxy groups -OCH3 is 1. The number of nitrogens with one attached hydrogen (secondary N) is 2. The van der Waals surface area contributed by atoms with Crippen LogP contribution in [-0.4, -0.2) is 39.8 Å². The van der Waals surface area contributed by atoms with E-state index >= 15 is 0 Å². The molecular formula is C17H27N3O5S. The Morgan fingerprint density at radius 2 is 2.08 bits per heavy atom. The minimum Gasteiger partial charge on any atom is -0.351 e. The van der Waals surface area contributed by atoms with Crippen LogP contribution in [0.5, 0.6) is 0 Å². The van der Waals surface area contributed by atoms with Gasteiger partial charge in [-0.25, -0.2) is 13.6 Å². The monoisotopic (exact) mass is 385 g/mol. The minimum absolute atomic E-state index is 0.0604. The van der Waals surface area contributed by atoms with Gasteiger partial charge in [0, 0.05) is 26.1 Å². The summed E-state index contributed by atoms with van der Waals surface area (Å²) < 4.78 is 27.8. The standard InChI is InChI=1S/C17H27N3O5S/c1-12(2)10-14-11-17(24-3,25-20-14)16(21)19-9-8-13-4-6-15(7-5-13)26(18,22)23/h4-7,12,14,20H,8-11H2,1-3H3,(H,19,21)(H2,18,22,23). The maximum atomic E-state index is 12.5. The van der Waals surface area contributed by atoms with E-state index in [1.165, 1.54) is 19.2 Å². The van der Waals surface area contributed by atoms with Crippen molar-refractivity contribution in [1.82, 2.24) is 10.8 Å². The number of hydrogen-bond acceptors (Lipinski definition) is 6. The van der Waals surface area contributed by atoms with Gasteiger partial charge < -0.3 is 10.1 Å². The Bertz CT molecular complexity index is 720. The number of amides is 1. The van der Waals surface area contributed by atoms with Crippen LogP contribution in [0.2, 0.25) is 0 Å². The molecule has 1 fully saturated rings. The molecule has 146 valence electrons.